The summed E-state index contributed by atoms with van der Waals surface area (Å²) in [6.45, 7) is 0.330. The van der Waals surface area contributed by atoms with Crippen molar-refractivity contribution < 1.29 is 23.0 Å². The van der Waals surface area contributed by atoms with Crippen molar-refractivity contribution in [3.05, 3.63) is 65.5 Å². The highest BCUT2D eigenvalue weighted by molar-refractivity contribution is 7.99. The second-order valence-electron chi connectivity index (χ2n) is 6.05. The van der Waals surface area contributed by atoms with E-state index in [1.54, 1.807) is 18.2 Å². The zero-order chi connectivity index (χ0) is 20.4. The van der Waals surface area contributed by atoms with Crippen LogP contribution in [0, 0.1) is 11.6 Å². The molecule has 2 heterocycles. The molecule has 0 radical (unpaired) electrons. The van der Waals surface area contributed by atoms with Crippen molar-refractivity contribution in [1.82, 2.24) is 14.9 Å². The Balaban J connectivity index is 1.62. The molecule has 1 aliphatic rings. The average molecular weight is 418 g/mol. The van der Waals surface area contributed by atoms with Gasteiger partial charge in [-0.25, -0.2) is 18.5 Å². The van der Waals surface area contributed by atoms with Gasteiger partial charge in [-0.1, -0.05) is 23.9 Å². The van der Waals surface area contributed by atoms with Crippen molar-refractivity contribution in [1.29, 1.82) is 0 Å². The first-order chi connectivity index (χ1) is 14.1. The zero-order valence-electron chi connectivity index (χ0n) is 15.3. The van der Waals surface area contributed by atoms with Gasteiger partial charge in [0.1, 0.15) is 18.2 Å². The Morgan fingerprint density at radius 2 is 1.97 bits per heavy atom. The highest BCUT2D eigenvalue weighted by Gasteiger charge is 2.30. The number of ether oxygens (including phenoxy) is 2. The van der Waals surface area contributed by atoms with E-state index in [0.717, 1.165) is 12.1 Å². The molecule has 0 N–H and O–H groups in total. The van der Waals surface area contributed by atoms with E-state index in [1.807, 2.05) is 6.07 Å². The molecule has 150 valence electrons. The summed E-state index contributed by atoms with van der Waals surface area (Å²) in [4.78, 5) is 12.9. The SMILES string of the molecule is COc1ccccc1OCc1nnc2n1N(C(=O)c1ccc(F)cc1F)CCS2. The maximum atomic E-state index is 14.1. The van der Waals surface area contributed by atoms with Crippen LogP contribution in [0.5, 0.6) is 11.5 Å². The van der Waals surface area contributed by atoms with Gasteiger partial charge in [0, 0.05) is 11.8 Å². The van der Waals surface area contributed by atoms with Gasteiger partial charge in [-0.15, -0.1) is 10.2 Å². The van der Waals surface area contributed by atoms with Crippen LogP contribution in [-0.4, -0.2) is 40.2 Å². The van der Waals surface area contributed by atoms with Crippen molar-refractivity contribution in [2.24, 2.45) is 0 Å². The van der Waals surface area contributed by atoms with E-state index in [2.05, 4.69) is 10.2 Å². The molecular formula is C19H16F2N4O3S. The van der Waals surface area contributed by atoms with Crippen LogP contribution < -0.4 is 14.5 Å². The number of amides is 1. The third-order valence-electron chi connectivity index (χ3n) is 4.27. The number of thioether (sulfide) groups is 1. The van der Waals surface area contributed by atoms with Crippen LogP contribution in [0.4, 0.5) is 8.78 Å². The molecule has 0 fully saturated rings. The number of para-hydroxylation sites is 2. The smallest absolute Gasteiger partial charge is 0.275 e. The standard InChI is InChI=1S/C19H16F2N4O3S/c1-27-15-4-2-3-5-16(15)28-11-17-22-23-19-25(17)24(8-9-29-19)18(26)13-7-6-12(20)10-14(13)21/h2-7,10H,8-9,11H2,1H3. The molecule has 1 aliphatic heterocycles. The van der Waals surface area contributed by atoms with Gasteiger partial charge < -0.3 is 9.47 Å². The van der Waals surface area contributed by atoms with Gasteiger partial charge in [-0.2, -0.15) is 0 Å². The van der Waals surface area contributed by atoms with E-state index in [4.69, 9.17) is 9.47 Å². The van der Waals surface area contributed by atoms with Gasteiger partial charge in [0.25, 0.3) is 5.91 Å². The summed E-state index contributed by atoms with van der Waals surface area (Å²) in [6.07, 6.45) is 0. The maximum Gasteiger partial charge on any atom is 0.275 e. The summed E-state index contributed by atoms with van der Waals surface area (Å²) < 4.78 is 39.9. The lowest BCUT2D eigenvalue weighted by atomic mass is 10.2. The Morgan fingerprint density at radius 3 is 2.72 bits per heavy atom. The first-order valence-electron chi connectivity index (χ1n) is 8.68. The fourth-order valence-electron chi connectivity index (χ4n) is 2.92. The molecule has 0 aliphatic carbocycles. The van der Waals surface area contributed by atoms with E-state index in [0.29, 0.717) is 40.8 Å². The Hall–Kier alpha value is -3.14. The summed E-state index contributed by atoms with van der Waals surface area (Å²) in [5, 5.41) is 10.0. The van der Waals surface area contributed by atoms with Crippen LogP contribution in [0.15, 0.2) is 47.6 Å². The molecule has 4 rings (SSSR count). The minimum Gasteiger partial charge on any atom is -0.493 e. The third-order valence-corrected chi connectivity index (χ3v) is 5.17. The lowest BCUT2D eigenvalue weighted by Crippen LogP contribution is -2.46. The molecular weight excluding hydrogens is 402 g/mol. The molecule has 0 saturated heterocycles. The van der Waals surface area contributed by atoms with E-state index >= 15 is 0 Å². The quantitative estimate of drug-likeness (QED) is 0.635. The monoisotopic (exact) mass is 418 g/mol. The number of hydrogen-bond acceptors (Lipinski definition) is 6. The summed E-state index contributed by atoms with van der Waals surface area (Å²) in [6, 6.07) is 10.00. The predicted octanol–water partition coefficient (Wildman–Crippen LogP) is 3.03. The molecule has 0 unspecified atom stereocenters. The van der Waals surface area contributed by atoms with E-state index in [-0.39, 0.29) is 12.2 Å². The molecule has 1 aromatic heterocycles. The normalized spacial score (nSPS) is 13.1. The highest BCUT2D eigenvalue weighted by atomic mass is 32.2. The van der Waals surface area contributed by atoms with E-state index in [1.165, 1.54) is 28.6 Å². The first-order valence-corrected chi connectivity index (χ1v) is 9.67. The van der Waals surface area contributed by atoms with Gasteiger partial charge in [0.05, 0.1) is 19.2 Å². The number of nitrogens with zero attached hydrogens (tertiary/aromatic N) is 4. The number of carbonyl (C=O) groups is 1. The number of fused-ring (bicyclic) bond motifs is 1. The predicted molar refractivity (Wildman–Crippen MR) is 102 cm³/mol. The largest absolute Gasteiger partial charge is 0.493 e. The van der Waals surface area contributed by atoms with Crippen molar-refractivity contribution >= 4 is 17.7 Å². The lowest BCUT2D eigenvalue weighted by molar-refractivity contribution is 0.0948. The van der Waals surface area contributed by atoms with Crippen molar-refractivity contribution in [2.75, 3.05) is 24.4 Å². The molecule has 3 aromatic rings. The fraction of sp³-hybridized carbons (Fsp3) is 0.211. The summed E-state index contributed by atoms with van der Waals surface area (Å²) >= 11 is 1.42. The summed E-state index contributed by atoms with van der Waals surface area (Å²) in [5.41, 5.74) is -0.227. The summed E-state index contributed by atoms with van der Waals surface area (Å²) in [7, 11) is 1.54. The van der Waals surface area contributed by atoms with Crippen LogP contribution in [0.3, 0.4) is 0 Å². The average Bonchev–Trinajstić information content (AvgIpc) is 3.15. The molecule has 0 spiro atoms. The van der Waals surface area contributed by atoms with Crippen molar-refractivity contribution in [3.63, 3.8) is 0 Å². The number of rotatable bonds is 5. The van der Waals surface area contributed by atoms with Crippen molar-refractivity contribution in [2.45, 2.75) is 11.8 Å². The molecule has 10 heteroatoms. The van der Waals surface area contributed by atoms with Crippen LogP contribution in [0.2, 0.25) is 0 Å². The van der Waals surface area contributed by atoms with Gasteiger partial charge in [-0.3, -0.25) is 4.79 Å². The first kappa shape index (κ1) is 19.2. The maximum absolute atomic E-state index is 14.1. The minimum atomic E-state index is -0.922. The summed E-state index contributed by atoms with van der Waals surface area (Å²) in [5.74, 6) is -0.268. The Kier molecular flexibility index (Phi) is 5.34. The van der Waals surface area contributed by atoms with Gasteiger partial charge in [0.2, 0.25) is 5.16 Å². The molecule has 2 aromatic carbocycles. The van der Waals surface area contributed by atoms with Crippen molar-refractivity contribution in [3.8, 4) is 11.5 Å². The number of methoxy groups -OCH3 is 1. The van der Waals surface area contributed by atoms with Crippen LogP contribution in [0.1, 0.15) is 16.2 Å². The second kappa shape index (κ2) is 8.08. The molecule has 0 atom stereocenters. The zero-order valence-corrected chi connectivity index (χ0v) is 16.2. The highest BCUT2D eigenvalue weighted by Crippen LogP contribution is 2.28. The lowest BCUT2D eigenvalue weighted by Gasteiger charge is -2.29. The second-order valence-corrected chi connectivity index (χ2v) is 7.11. The Morgan fingerprint density at radius 1 is 1.17 bits per heavy atom. The van der Waals surface area contributed by atoms with Gasteiger partial charge in [-0.05, 0) is 24.3 Å². The van der Waals surface area contributed by atoms with Gasteiger partial charge in [0.15, 0.2) is 17.3 Å². The number of benzene rings is 2. The van der Waals surface area contributed by atoms with Gasteiger partial charge >= 0.3 is 0 Å². The Bertz CT molecular complexity index is 1060. The number of hydrogen-bond donors (Lipinski definition) is 0. The molecule has 0 saturated carbocycles. The van der Waals surface area contributed by atoms with E-state index < -0.39 is 17.5 Å². The molecule has 7 nitrogen and oxygen atoms in total. The number of carbonyl (C=O) groups excluding carboxylic acids is 1. The van der Waals surface area contributed by atoms with Crippen LogP contribution in [-0.2, 0) is 6.61 Å². The number of halogens is 2. The molecule has 0 bridgehead atoms. The van der Waals surface area contributed by atoms with Crippen LogP contribution in [0.25, 0.3) is 0 Å². The Labute approximate surface area is 169 Å². The third kappa shape index (κ3) is 3.75. The fourth-order valence-corrected chi connectivity index (χ4v) is 3.79. The van der Waals surface area contributed by atoms with Crippen LogP contribution >= 0.6 is 11.8 Å². The number of aromatic nitrogens is 3. The molecule has 29 heavy (non-hydrogen) atoms. The minimum absolute atomic E-state index is 0.0175. The molecule has 1 amide bonds. The van der Waals surface area contributed by atoms with E-state index in [9.17, 15) is 13.6 Å². The topological polar surface area (TPSA) is 69.5 Å².